The molecule has 2 aromatic carbocycles. The highest BCUT2D eigenvalue weighted by Crippen LogP contribution is 2.24. The van der Waals surface area contributed by atoms with E-state index in [1.165, 1.54) is 6.07 Å². The molecule has 0 unspecified atom stereocenters. The first-order valence-corrected chi connectivity index (χ1v) is 6.81. The highest BCUT2D eigenvalue weighted by molar-refractivity contribution is 9.10. The zero-order valence-electron chi connectivity index (χ0n) is 11.0. The van der Waals surface area contributed by atoms with Crippen LogP contribution in [0.2, 0.25) is 0 Å². The van der Waals surface area contributed by atoms with E-state index in [-0.39, 0.29) is 5.82 Å². The van der Waals surface area contributed by atoms with Crippen LogP contribution in [-0.2, 0) is 6.54 Å². The molecule has 0 saturated heterocycles. The van der Waals surface area contributed by atoms with Crippen molar-refractivity contribution in [2.75, 3.05) is 24.3 Å². The Labute approximate surface area is 121 Å². The molecule has 0 aliphatic rings. The van der Waals surface area contributed by atoms with E-state index < -0.39 is 0 Å². The van der Waals surface area contributed by atoms with Gasteiger partial charge in [0.25, 0.3) is 0 Å². The minimum atomic E-state index is -0.204. The van der Waals surface area contributed by atoms with Gasteiger partial charge in [-0.2, -0.15) is 0 Å². The van der Waals surface area contributed by atoms with Gasteiger partial charge in [0, 0.05) is 30.7 Å². The summed E-state index contributed by atoms with van der Waals surface area (Å²) in [4.78, 5) is 2.03. The van der Waals surface area contributed by atoms with Crippen LogP contribution in [0.25, 0.3) is 0 Å². The van der Waals surface area contributed by atoms with Crippen LogP contribution in [0, 0.1) is 5.82 Å². The maximum absolute atomic E-state index is 13.7. The second kappa shape index (κ2) is 6.06. The molecule has 0 spiro atoms. The van der Waals surface area contributed by atoms with E-state index in [2.05, 4.69) is 21.2 Å². The van der Waals surface area contributed by atoms with Crippen molar-refractivity contribution < 1.29 is 4.39 Å². The van der Waals surface area contributed by atoms with E-state index in [1.807, 2.05) is 49.3 Å². The van der Waals surface area contributed by atoms with Crippen LogP contribution in [0.1, 0.15) is 5.56 Å². The number of hydrogen-bond acceptors (Lipinski definition) is 2. The lowest BCUT2D eigenvalue weighted by molar-refractivity contribution is 0.612. The van der Waals surface area contributed by atoms with Crippen molar-refractivity contribution in [3.05, 3.63) is 58.3 Å². The predicted octanol–water partition coefficient (Wildman–Crippen LogP) is 4.27. The quantitative estimate of drug-likeness (QED) is 0.904. The molecule has 0 amide bonds. The molecule has 1 N–H and O–H groups in total. The molecule has 2 aromatic rings. The summed E-state index contributed by atoms with van der Waals surface area (Å²) in [5.41, 5.74) is 2.73. The highest BCUT2D eigenvalue weighted by atomic mass is 79.9. The minimum Gasteiger partial charge on any atom is -0.379 e. The van der Waals surface area contributed by atoms with Crippen molar-refractivity contribution >= 4 is 27.3 Å². The number of hydrogen-bond donors (Lipinski definition) is 1. The summed E-state index contributed by atoms with van der Waals surface area (Å²) in [5, 5.41) is 3.27. The second-order valence-corrected chi connectivity index (χ2v) is 5.42. The lowest BCUT2D eigenvalue weighted by Gasteiger charge is -2.18. The van der Waals surface area contributed by atoms with Crippen LogP contribution in [0.15, 0.2) is 46.9 Å². The summed E-state index contributed by atoms with van der Waals surface area (Å²) >= 11 is 3.26. The van der Waals surface area contributed by atoms with Crippen molar-refractivity contribution in [3.63, 3.8) is 0 Å². The maximum Gasteiger partial charge on any atom is 0.129 e. The third kappa shape index (κ3) is 3.47. The number of para-hydroxylation sites is 2. The minimum absolute atomic E-state index is 0.204. The molecular formula is C15H16BrFN2. The fourth-order valence-electron chi connectivity index (χ4n) is 1.87. The molecule has 0 bridgehead atoms. The van der Waals surface area contributed by atoms with Crippen molar-refractivity contribution in [2.45, 2.75) is 6.54 Å². The first kappa shape index (κ1) is 13.9. The number of nitrogens with zero attached hydrogens (tertiary/aromatic N) is 1. The molecule has 0 aliphatic heterocycles. The fraction of sp³-hybridized carbons (Fsp3) is 0.200. The van der Waals surface area contributed by atoms with E-state index in [0.29, 0.717) is 12.1 Å². The van der Waals surface area contributed by atoms with E-state index >= 15 is 0 Å². The van der Waals surface area contributed by atoms with Gasteiger partial charge in [0.1, 0.15) is 5.82 Å². The first-order chi connectivity index (χ1) is 9.08. The second-order valence-electron chi connectivity index (χ2n) is 4.50. The molecule has 0 saturated carbocycles. The van der Waals surface area contributed by atoms with Crippen molar-refractivity contribution in [3.8, 4) is 0 Å². The fourth-order valence-corrected chi connectivity index (χ4v) is 2.20. The monoisotopic (exact) mass is 322 g/mol. The van der Waals surface area contributed by atoms with Gasteiger partial charge < -0.3 is 10.2 Å². The summed E-state index contributed by atoms with van der Waals surface area (Å²) in [6, 6.07) is 13.1. The van der Waals surface area contributed by atoms with Crippen LogP contribution in [0.5, 0.6) is 0 Å². The Bertz CT molecular complexity index is 570. The molecule has 0 aliphatic carbocycles. The zero-order chi connectivity index (χ0) is 13.8. The summed E-state index contributed by atoms with van der Waals surface area (Å²) in [5.74, 6) is -0.204. The Morgan fingerprint density at radius 1 is 1.16 bits per heavy atom. The largest absolute Gasteiger partial charge is 0.379 e. The average Bonchev–Trinajstić information content (AvgIpc) is 2.38. The van der Waals surface area contributed by atoms with E-state index in [1.54, 1.807) is 6.07 Å². The number of nitrogens with one attached hydrogen (secondary N) is 1. The van der Waals surface area contributed by atoms with Gasteiger partial charge >= 0.3 is 0 Å². The molecule has 0 aromatic heterocycles. The van der Waals surface area contributed by atoms with Gasteiger partial charge in [-0.3, -0.25) is 0 Å². The predicted molar refractivity (Wildman–Crippen MR) is 82.2 cm³/mol. The summed E-state index contributed by atoms with van der Waals surface area (Å²) in [7, 11) is 3.97. The van der Waals surface area contributed by atoms with Gasteiger partial charge in [-0.1, -0.05) is 34.1 Å². The maximum atomic E-state index is 13.7. The van der Waals surface area contributed by atoms with Gasteiger partial charge in [-0.25, -0.2) is 4.39 Å². The third-order valence-corrected chi connectivity index (χ3v) is 3.36. The van der Waals surface area contributed by atoms with Crippen LogP contribution >= 0.6 is 15.9 Å². The summed E-state index contributed by atoms with van der Waals surface area (Å²) in [6.07, 6.45) is 0. The number of rotatable bonds is 4. The Hall–Kier alpha value is -1.55. The molecule has 0 heterocycles. The highest BCUT2D eigenvalue weighted by Gasteiger charge is 2.06. The Kier molecular flexibility index (Phi) is 4.43. The van der Waals surface area contributed by atoms with E-state index in [0.717, 1.165) is 15.8 Å². The summed E-state index contributed by atoms with van der Waals surface area (Å²) < 4.78 is 14.5. The number of halogens is 2. The molecule has 100 valence electrons. The SMILES string of the molecule is CN(C)c1ccccc1NCc1ccc(Br)cc1F. The van der Waals surface area contributed by atoms with Gasteiger partial charge in [-0.05, 0) is 24.3 Å². The smallest absolute Gasteiger partial charge is 0.129 e. The Morgan fingerprint density at radius 2 is 1.89 bits per heavy atom. The van der Waals surface area contributed by atoms with Gasteiger partial charge in [-0.15, -0.1) is 0 Å². The molecule has 19 heavy (non-hydrogen) atoms. The van der Waals surface area contributed by atoms with Gasteiger partial charge in [0.2, 0.25) is 0 Å². The number of benzene rings is 2. The molecule has 0 fully saturated rings. The first-order valence-electron chi connectivity index (χ1n) is 6.02. The van der Waals surface area contributed by atoms with Gasteiger partial charge in [0.15, 0.2) is 0 Å². The van der Waals surface area contributed by atoms with E-state index in [4.69, 9.17) is 0 Å². The zero-order valence-corrected chi connectivity index (χ0v) is 12.5. The van der Waals surface area contributed by atoms with E-state index in [9.17, 15) is 4.39 Å². The standard InChI is InChI=1S/C15H16BrFN2/c1-19(2)15-6-4-3-5-14(15)18-10-11-7-8-12(16)9-13(11)17/h3-9,18H,10H2,1-2H3. The molecule has 2 rings (SSSR count). The normalized spacial score (nSPS) is 10.3. The molecule has 0 atom stereocenters. The van der Waals surface area contributed by atoms with Crippen LogP contribution in [-0.4, -0.2) is 14.1 Å². The average molecular weight is 323 g/mol. The lowest BCUT2D eigenvalue weighted by atomic mass is 10.2. The van der Waals surface area contributed by atoms with Crippen molar-refractivity contribution in [1.82, 2.24) is 0 Å². The van der Waals surface area contributed by atoms with Crippen molar-refractivity contribution in [1.29, 1.82) is 0 Å². The van der Waals surface area contributed by atoms with Crippen molar-refractivity contribution in [2.24, 2.45) is 0 Å². The molecule has 0 radical (unpaired) electrons. The molecule has 2 nitrogen and oxygen atoms in total. The summed E-state index contributed by atoms with van der Waals surface area (Å²) in [6.45, 7) is 0.462. The third-order valence-electron chi connectivity index (χ3n) is 2.87. The topological polar surface area (TPSA) is 15.3 Å². The van der Waals surface area contributed by atoms with Crippen LogP contribution < -0.4 is 10.2 Å². The molecule has 4 heteroatoms. The Balaban J connectivity index is 2.14. The van der Waals surface area contributed by atoms with Gasteiger partial charge in [0.05, 0.1) is 11.4 Å². The van der Waals surface area contributed by atoms with Crippen LogP contribution in [0.4, 0.5) is 15.8 Å². The lowest BCUT2D eigenvalue weighted by Crippen LogP contribution is -2.12. The Morgan fingerprint density at radius 3 is 2.58 bits per heavy atom. The molecular weight excluding hydrogens is 307 g/mol. The van der Waals surface area contributed by atoms with Crippen LogP contribution in [0.3, 0.4) is 0 Å². The number of anilines is 2.